The Bertz CT molecular complexity index is 1120. The Balaban J connectivity index is 1.69. The molecule has 1 heterocycles. The number of fused-ring (bicyclic) bond motifs is 1. The van der Waals surface area contributed by atoms with Crippen LogP contribution < -0.4 is 20.9 Å². The van der Waals surface area contributed by atoms with Crippen LogP contribution in [0.1, 0.15) is 59.3 Å². The second-order valence-electron chi connectivity index (χ2n) is 11.3. The number of primary amides is 1. The van der Waals surface area contributed by atoms with E-state index in [0.717, 1.165) is 42.7 Å². The van der Waals surface area contributed by atoms with Crippen molar-refractivity contribution in [1.29, 1.82) is 0 Å². The maximum atomic E-state index is 14.1. The number of unbranched alkanes of at least 4 members (excludes halogenated alkanes) is 1. The summed E-state index contributed by atoms with van der Waals surface area (Å²) in [7, 11) is 0. The van der Waals surface area contributed by atoms with Gasteiger partial charge in [-0.25, -0.2) is 0 Å². The normalized spacial score (nSPS) is 19.1. The van der Waals surface area contributed by atoms with Crippen molar-refractivity contribution in [1.82, 2.24) is 5.32 Å². The second kappa shape index (κ2) is 12.5. The third-order valence-electron chi connectivity index (χ3n) is 7.70. The number of carbonyl (C=O) groups is 3. The molecule has 1 saturated carbocycles. The SMILES string of the molecule is CCCCC(C(N)=O)C(CC(C)C)C(=O)NC1CN(c2ccccc2)c2ccccc2N(CC2CC2)C1=O. The summed E-state index contributed by atoms with van der Waals surface area (Å²) in [5, 5.41) is 3.10. The molecule has 0 spiro atoms. The number of hydrogen-bond acceptors (Lipinski definition) is 4. The van der Waals surface area contributed by atoms with Crippen LogP contribution in [0.3, 0.4) is 0 Å². The van der Waals surface area contributed by atoms with Gasteiger partial charge in [0.05, 0.1) is 17.9 Å². The lowest BCUT2D eigenvalue weighted by molar-refractivity contribution is -0.136. The van der Waals surface area contributed by atoms with Gasteiger partial charge in [0.2, 0.25) is 11.8 Å². The summed E-state index contributed by atoms with van der Waals surface area (Å²) in [5.41, 5.74) is 8.58. The number of nitrogens with two attached hydrogens (primary N) is 1. The quantitative estimate of drug-likeness (QED) is 0.412. The van der Waals surface area contributed by atoms with Gasteiger partial charge in [-0.05, 0) is 61.8 Å². The minimum Gasteiger partial charge on any atom is -0.369 e. The largest absolute Gasteiger partial charge is 0.369 e. The van der Waals surface area contributed by atoms with E-state index in [1.807, 2.05) is 73.3 Å². The molecule has 0 aromatic heterocycles. The van der Waals surface area contributed by atoms with E-state index < -0.39 is 23.8 Å². The Morgan fingerprint density at radius 2 is 1.66 bits per heavy atom. The molecule has 1 aliphatic carbocycles. The van der Waals surface area contributed by atoms with Gasteiger partial charge in [-0.1, -0.05) is 63.9 Å². The predicted octanol–water partition coefficient (Wildman–Crippen LogP) is 5.02. The third kappa shape index (κ3) is 6.55. The van der Waals surface area contributed by atoms with Gasteiger partial charge in [0, 0.05) is 24.1 Å². The van der Waals surface area contributed by atoms with E-state index in [2.05, 4.69) is 17.1 Å². The van der Waals surface area contributed by atoms with E-state index in [-0.39, 0.29) is 17.7 Å². The molecule has 2 aromatic rings. The molecule has 1 fully saturated rings. The number of rotatable bonds is 12. The number of nitrogens with zero attached hydrogens (tertiary/aromatic N) is 2. The van der Waals surface area contributed by atoms with Gasteiger partial charge in [0.1, 0.15) is 6.04 Å². The van der Waals surface area contributed by atoms with Crippen molar-refractivity contribution in [3.8, 4) is 0 Å². The summed E-state index contributed by atoms with van der Waals surface area (Å²) in [6, 6.07) is 17.2. The lowest BCUT2D eigenvalue weighted by Gasteiger charge is -2.30. The Morgan fingerprint density at radius 1 is 1.00 bits per heavy atom. The lowest BCUT2D eigenvalue weighted by Crippen LogP contribution is -2.54. The Morgan fingerprint density at radius 3 is 2.26 bits per heavy atom. The first-order valence-electron chi connectivity index (χ1n) is 14.1. The lowest BCUT2D eigenvalue weighted by atomic mass is 9.81. The van der Waals surface area contributed by atoms with E-state index >= 15 is 0 Å². The van der Waals surface area contributed by atoms with Crippen molar-refractivity contribution >= 4 is 34.8 Å². The van der Waals surface area contributed by atoms with E-state index in [1.54, 1.807) is 0 Å². The van der Waals surface area contributed by atoms with Crippen molar-refractivity contribution in [2.24, 2.45) is 29.4 Å². The third-order valence-corrected chi connectivity index (χ3v) is 7.70. The molecule has 7 nitrogen and oxygen atoms in total. The highest BCUT2D eigenvalue weighted by molar-refractivity contribution is 6.04. The van der Waals surface area contributed by atoms with Crippen molar-refractivity contribution < 1.29 is 14.4 Å². The highest BCUT2D eigenvalue weighted by Crippen LogP contribution is 2.40. The molecule has 4 rings (SSSR count). The zero-order valence-corrected chi connectivity index (χ0v) is 22.9. The molecule has 1 aliphatic heterocycles. The first-order chi connectivity index (χ1) is 18.3. The highest BCUT2D eigenvalue weighted by Gasteiger charge is 2.40. The number of benzene rings is 2. The summed E-state index contributed by atoms with van der Waals surface area (Å²) in [6.07, 6.45) is 5.08. The van der Waals surface area contributed by atoms with Crippen LogP contribution in [0.2, 0.25) is 0 Å². The van der Waals surface area contributed by atoms with Gasteiger partial charge in [0.25, 0.3) is 5.91 Å². The van der Waals surface area contributed by atoms with Gasteiger partial charge in [-0.15, -0.1) is 0 Å². The van der Waals surface area contributed by atoms with Crippen LogP contribution in [0.4, 0.5) is 17.1 Å². The molecule has 2 aromatic carbocycles. The molecule has 0 saturated heterocycles. The van der Waals surface area contributed by atoms with Crippen LogP contribution in [0.5, 0.6) is 0 Å². The molecule has 3 atom stereocenters. The molecule has 3 N–H and O–H groups in total. The summed E-state index contributed by atoms with van der Waals surface area (Å²) >= 11 is 0. The zero-order chi connectivity index (χ0) is 27.2. The van der Waals surface area contributed by atoms with Crippen molar-refractivity contribution in [3.05, 3.63) is 54.6 Å². The average Bonchev–Trinajstić information content (AvgIpc) is 3.74. The molecule has 38 heavy (non-hydrogen) atoms. The van der Waals surface area contributed by atoms with Gasteiger partial charge < -0.3 is 20.9 Å². The van der Waals surface area contributed by atoms with Crippen LogP contribution in [0.25, 0.3) is 0 Å². The van der Waals surface area contributed by atoms with E-state index in [9.17, 15) is 14.4 Å². The van der Waals surface area contributed by atoms with Crippen molar-refractivity contribution in [3.63, 3.8) is 0 Å². The monoisotopic (exact) mass is 518 g/mol. The zero-order valence-electron chi connectivity index (χ0n) is 22.9. The highest BCUT2D eigenvalue weighted by atomic mass is 16.2. The first-order valence-corrected chi connectivity index (χ1v) is 14.1. The van der Waals surface area contributed by atoms with Crippen molar-refractivity contribution in [2.75, 3.05) is 22.9 Å². The minimum atomic E-state index is -0.761. The van der Waals surface area contributed by atoms with Crippen LogP contribution >= 0.6 is 0 Å². The molecule has 0 radical (unpaired) electrons. The molecule has 2 aliphatic rings. The number of nitrogens with one attached hydrogen (secondary N) is 1. The fourth-order valence-electron chi connectivity index (χ4n) is 5.50. The van der Waals surface area contributed by atoms with Crippen LogP contribution in [-0.2, 0) is 14.4 Å². The summed E-state index contributed by atoms with van der Waals surface area (Å²) in [5.74, 6) is -1.25. The van der Waals surface area contributed by atoms with E-state index in [1.165, 1.54) is 0 Å². The standard InChI is InChI=1S/C31H42N4O3/c1-4-5-13-24(29(32)36)25(18-21(2)3)30(37)33-26-20-34(23-11-7-6-8-12-23)27-14-9-10-15-28(27)35(31(26)38)19-22-16-17-22/h6-12,14-15,21-22,24-26H,4-5,13,16-20H2,1-3H3,(H2,32,36)(H,33,37). The maximum Gasteiger partial charge on any atom is 0.251 e. The maximum absolute atomic E-state index is 14.1. The number of anilines is 3. The van der Waals surface area contributed by atoms with Crippen LogP contribution in [0.15, 0.2) is 54.6 Å². The smallest absolute Gasteiger partial charge is 0.251 e. The second-order valence-corrected chi connectivity index (χ2v) is 11.3. The molecule has 3 amide bonds. The minimum absolute atomic E-state index is 0.108. The molecular formula is C31H42N4O3. The number of carbonyl (C=O) groups excluding carboxylic acids is 3. The summed E-state index contributed by atoms with van der Waals surface area (Å²) in [4.78, 5) is 44.4. The van der Waals surface area contributed by atoms with Crippen LogP contribution in [-0.4, -0.2) is 36.9 Å². The fourth-order valence-corrected chi connectivity index (χ4v) is 5.50. The Kier molecular flexibility index (Phi) is 9.08. The van der Waals surface area contributed by atoms with Gasteiger partial charge in [0.15, 0.2) is 0 Å². The summed E-state index contributed by atoms with van der Waals surface area (Å²) in [6.45, 7) is 7.09. The molecule has 3 unspecified atom stereocenters. The van der Waals surface area contributed by atoms with Gasteiger partial charge in [-0.3, -0.25) is 14.4 Å². The summed E-state index contributed by atoms with van der Waals surface area (Å²) < 4.78 is 0. The molecule has 204 valence electrons. The average molecular weight is 519 g/mol. The van der Waals surface area contributed by atoms with Gasteiger partial charge in [-0.2, -0.15) is 0 Å². The number of amides is 3. The number of para-hydroxylation sites is 3. The van der Waals surface area contributed by atoms with E-state index in [0.29, 0.717) is 31.8 Å². The van der Waals surface area contributed by atoms with Crippen LogP contribution in [0, 0.1) is 23.7 Å². The predicted molar refractivity (Wildman–Crippen MR) is 152 cm³/mol. The van der Waals surface area contributed by atoms with E-state index in [4.69, 9.17) is 5.73 Å². The molecule has 7 heteroatoms. The topological polar surface area (TPSA) is 95.7 Å². The van der Waals surface area contributed by atoms with Crippen molar-refractivity contribution in [2.45, 2.75) is 65.3 Å². The van der Waals surface area contributed by atoms with Gasteiger partial charge >= 0.3 is 0 Å². The molecular weight excluding hydrogens is 476 g/mol. The first kappa shape index (κ1) is 27.7. The fraction of sp³-hybridized carbons (Fsp3) is 0.516. The Labute approximate surface area is 226 Å². The molecule has 0 bridgehead atoms. The number of hydrogen-bond donors (Lipinski definition) is 2. The Hall–Kier alpha value is -3.35.